The smallest absolute Gasteiger partial charge is 0.387 e. The molecule has 0 spiro atoms. The molecular formula is C17H15ClF2N2O3. The Labute approximate surface area is 148 Å². The fourth-order valence-corrected chi connectivity index (χ4v) is 1.98. The third kappa shape index (κ3) is 6.39. The number of amides is 1. The van der Waals surface area contributed by atoms with E-state index in [1.165, 1.54) is 30.5 Å². The minimum absolute atomic E-state index is 0.0456. The SMILES string of the molecule is Cc1ccc(NC(=O)CO/N=C\c2ccc(OC(F)F)cc2)cc1Cl. The lowest BCUT2D eigenvalue weighted by Gasteiger charge is -2.06. The quantitative estimate of drug-likeness (QED) is 0.587. The summed E-state index contributed by atoms with van der Waals surface area (Å²) in [5, 5.41) is 6.82. The molecule has 0 atom stereocenters. The van der Waals surface area contributed by atoms with E-state index in [-0.39, 0.29) is 12.4 Å². The van der Waals surface area contributed by atoms with Crippen LogP contribution in [0, 0.1) is 6.92 Å². The van der Waals surface area contributed by atoms with Crippen molar-refractivity contribution in [1.82, 2.24) is 0 Å². The fourth-order valence-electron chi connectivity index (χ4n) is 1.80. The van der Waals surface area contributed by atoms with Gasteiger partial charge in [-0.3, -0.25) is 4.79 Å². The maximum absolute atomic E-state index is 12.0. The minimum Gasteiger partial charge on any atom is -0.435 e. The van der Waals surface area contributed by atoms with E-state index >= 15 is 0 Å². The van der Waals surface area contributed by atoms with Gasteiger partial charge in [-0.05, 0) is 54.4 Å². The van der Waals surface area contributed by atoms with Crippen molar-refractivity contribution in [3.63, 3.8) is 0 Å². The molecule has 0 fully saturated rings. The van der Waals surface area contributed by atoms with Crippen LogP contribution in [0.2, 0.25) is 5.02 Å². The van der Waals surface area contributed by atoms with Gasteiger partial charge < -0.3 is 14.9 Å². The van der Waals surface area contributed by atoms with Gasteiger partial charge in [-0.15, -0.1) is 0 Å². The Kier molecular flexibility index (Phi) is 6.71. The van der Waals surface area contributed by atoms with E-state index in [4.69, 9.17) is 16.4 Å². The molecule has 8 heteroatoms. The van der Waals surface area contributed by atoms with Gasteiger partial charge in [0.2, 0.25) is 0 Å². The number of aryl methyl sites for hydroxylation is 1. The Morgan fingerprint density at radius 3 is 2.64 bits per heavy atom. The second-order valence-electron chi connectivity index (χ2n) is 4.97. The summed E-state index contributed by atoms with van der Waals surface area (Å²) in [7, 11) is 0. The highest BCUT2D eigenvalue weighted by Crippen LogP contribution is 2.19. The highest BCUT2D eigenvalue weighted by molar-refractivity contribution is 6.31. The summed E-state index contributed by atoms with van der Waals surface area (Å²) in [6, 6.07) is 11.0. The maximum atomic E-state index is 12.0. The van der Waals surface area contributed by atoms with Crippen molar-refractivity contribution in [1.29, 1.82) is 0 Å². The number of hydrogen-bond donors (Lipinski definition) is 1. The highest BCUT2D eigenvalue weighted by Gasteiger charge is 2.05. The molecule has 1 amide bonds. The molecule has 0 saturated carbocycles. The molecule has 0 heterocycles. The number of halogens is 3. The summed E-state index contributed by atoms with van der Waals surface area (Å²) in [6.45, 7) is -1.29. The number of alkyl halides is 2. The summed E-state index contributed by atoms with van der Waals surface area (Å²) >= 11 is 5.97. The maximum Gasteiger partial charge on any atom is 0.387 e. The lowest BCUT2D eigenvalue weighted by Crippen LogP contribution is -2.17. The number of benzene rings is 2. The van der Waals surface area contributed by atoms with Gasteiger partial charge in [0.15, 0.2) is 6.61 Å². The van der Waals surface area contributed by atoms with Crippen LogP contribution in [0.3, 0.4) is 0 Å². The zero-order valence-electron chi connectivity index (χ0n) is 13.2. The molecule has 5 nitrogen and oxygen atoms in total. The number of anilines is 1. The average Bonchev–Trinajstić information content (AvgIpc) is 2.56. The number of carbonyl (C=O) groups is 1. The van der Waals surface area contributed by atoms with Crippen LogP contribution in [0.1, 0.15) is 11.1 Å². The Hall–Kier alpha value is -2.67. The van der Waals surface area contributed by atoms with Crippen LogP contribution in [0.15, 0.2) is 47.6 Å². The first-order chi connectivity index (χ1) is 11.9. The number of oxime groups is 1. The number of ether oxygens (including phenoxy) is 1. The largest absolute Gasteiger partial charge is 0.435 e. The molecule has 0 aliphatic rings. The van der Waals surface area contributed by atoms with Gasteiger partial charge in [-0.2, -0.15) is 8.78 Å². The Balaban J connectivity index is 1.78. The molecule has 0 bridgehead atoms. The van der Waals surface area contributed by atoms with Crippen LogP contribution < -0.4 is 10.1 Å². The minimum atomic E-state index is -2.87. The summed E-state index contributed by atoms with van der Waals surface area (Å²) in [5.41, 5.74) is 2.07. The first-order valence-electron chi connectivity index (χ1n) is 7.20. The molecule has 0 aliphatic carbocycles. The van der Waals surface area contributed by atoms with Gasteiger partial charge in [-0.1, -0.05) is 22.8 Å². The molecule has 0 aliphatic heterocycles. The molecule has 0 aromatic heterocycles. The first kappa shape index (κ1) is 18.7. The molecule has 2 aromatic carbocycles. The second-order valence-corrected chi connectivity index (χ2v) is 5.37. The summed E-state index contributed by atoms with van der Waals surface area (Å²) in [5.74, 6) is -0.345. The topological polar surface area (TPSA) is 59.9 Å². The van der Waals surface area contributed by atoms with Crippen LogP contribution in [0.25, 0.3) is 0 Å². The normalized spacial score (nSPS) is 10.9. The fraction of sp³-hybridized carbons (Fsp3) is 0.176. The van der Waals surface area contributed by atoms with Crippen LogP contribution >= 0.6 is 11.6 Å². The van der Waals surface area contributed by atoms with E-state index in [1.807, 2.05) is 6.92 Å². The third-order valence-corrected chi connectivity index (χ3v) is 3.44. The zero-order valence-corrected chi connectivity index (χ0v) is 14.0. The lowest BCUT2D eigenvalue weighted by atomic mass is 10.2. The Morgan fingerprint density at radius 2 is 2.00 bits per heavy atom. The molecule has 0 saturated heterocycles. The molecule has 2 aromatic rings. The third-order valence-electron chi connectivity index (χ3n) is 3.03. The zero-order chi connectivity index (χ0) is 18.2. The summed E-state index contributed by atoms with van der Waals surface area (Å²) in [4.78, 5) is 16.6. The van der Waals surface area contributed by atoms with E-state index in [0.717, 1.165) is 5.56 Å². The Bertz CT molecular complexity index is 752. The van der Waals surface area contributed by atoms with Gasteiger partial charge >= 0.3 is 6.61 Å². The van der Waals surface area contributed by atoms with Crippen LogP contribution in [0.5, 0.6) is 5.75 Å². The monoisotopic (exact) mass is 368 g/mol. The van der Waals surface area contributed by atoms with E-state index in [0.29, 0.717) is 16.3 Å². The predicted molar refractivity (Wildman–Crippen MR) is 91.4 cm³/mol. The molecule has 1 N–H and O–H groups in total. The van der Waals surface area contributed by atoms with Crippen molar-refractivity contribution in [2.45, 2.75) is 13.5 Å². The van der Waals surface area contributed by atoms with Crippen molar-refractivity contribution in [3.05, 3.63) is 58.6 Å². The standard InChI is InChI=1S/C17H15ClF2N2O3/c1-11-2-5-13(8-15(11)18)22-16(23)10-24-21-9-12-3-6-14(7-4-12)25-17(19)20/h2-9,17H,10H2,1H3,(H,22,23)/b21-9-. The molecule has 0 unspecified atom stereocenters. The van der Waals surface area contributed by atoms with Crippen LogP contribution in [-0.2, 0) is 9.63 Å². The summed E-state index contributed by atoms with van der Waals surface area (Å²) in [6.07, 6.45) is 1.35. The average molecular weight is 369 g/mol. The number of carbonyl (C=O) groups excluding carboxylic acids is 1. The van der Waals surface area contributed by atoms with Gasteiger partial charge in [0.25, 0.3) is 5.91 Å². The van der Waals surface area contributed by atoms with Crippen molar-refractivity contribution in [2.24, 2.45) is 5.16 Å². The Morgan fingerprint density at radius 1 is 1.28 bits per heavy atom. The van der Waals surface area contributed by atoms with Gasteiger partial charge in [0.1, 0.15) is 5.75 Å². The number of nitrogens with one attached hydrogen (secondary N) is 1. The highest BCUT2D eigenvalue weighted by atomic mass is 35.5. The van der Waals surface area contributed by atoms with Crippen molar-refractivity contribution in [2.75, 3.05) is 11.9 Å². The van der Waals surface area contributed by atoms with Crippen molar-refractivity contribution in [3.8, 4) is 5.75 Å². The number of nitrogens with zero attached hydrogens (tertiary/aromatic N) is 1. The molecular weight excluding hydrogens is 354 g/mol. The molecule has 132 valence electrons. The van der Waals surface area contributed by atoms with Gasteiger partial charge in [0.05, 0.1) is 6.21 Å². The predicted octanol–water partition coefficient (Wildman–Crippen LogP) is 4.24. The van der Waals surface area contributed by atoms with Crippen molar-refractivity contribution < 1.29 is 23.1 Å². The van der Waals surface area contributed by atoms with E-state index in [9.17, 15) is 13.6 Å². The van der Waals surface area contributed by atoms with Crippen LogP contribution in [0.4, 0.5) is 14.5 Å². The van der Waals surface area contributed by atoms with E-state index in [1.54, 1.807) is 18.2 Å². The molecule has 2 rings (SSSR count). The van der Waals surface area contributed by atoms with Crippen molar-refractivity contribution >= 4 is 29.4 Å². The van der Waals surface area contributed by atoms with Gasteiger partial charge in [0, 0.05) is 10.7 Å². The van der Waals surface area contributed by atoms with E-state index < -0.39 is 12.5 Å². The van der Waals surface area contributed by atoms with Crippen LogP contribution in [-0.4, -0.2) is 25.3 Å². The lowest BCUT2D eigenvalue weighted by molar-refractivity contribution is -0.120. The molecule has 25 heavy (non-hydrogen) atoms. The first-order valence-corrected chi connectivity index (χ1v) is 7.58. The second kappa shape index (κ2) is 8.98. The van der Waals surface area contributed by atoms with Gasteiger partial charge in [-0.25, -0.2) is 0 Å². The number of rotatable bonds is 7. The number of hydrogen-bond acceptors (Lipinski definition) is 4. The van der Waals surface area contributed by atoms with E-state index in [2.05, 4.69) is 15.2 Å². The summed E-state index contributed by atoms with van der Waals surface area (Å²) < 4.78 is 28.3. The molecule has 0 radical (unpaired) electrons.